The fourth-order valence-corrected chi connectivity index (χ4v) is 3.23. The van der Waals surface area contributed by atoms with Gasteiger partial charge in [-0.1, -0.05) is 11.8 Å². The molecule has 2 aromatic heterocycles. The van der Waals surface area contributed by atoms with Crippen molar-refractivity contribution >= 4 is 23.4 Å². The zero-order valence-corrected chi connectivity index (χ0v) is 13.5. The van der Waals surface area contributed by atoms with E-state index < -0.39 is 17.0 Å². The smallest absolute Gasteiger partial charge is 0.329 e. The second-order valence-corrected chi connectivity index (χ2v) is 6.36. The van der Waals surface area contributed by atoms with Gasteiger partial charge in [0.05, 0.1) is 5.75 Å². The molecular formula is C13H16N6O3S. The van der Waals surface area contributed by atoms with Gasteiger partial charge in [0.1, 0.15) is 17.2 Å². The average Bonchev–Trinajstić information content (AvgIpc) is 3.26. The monoisotopic (exact) mass is 336 g/mol. The van der Waals surface area contributed by atoms with Crippen LogP contribution < -0.4 is 17.0 Å². The van der Waals surface area contributed by atoms with Crippen LogP contribution in [0, 0.1) is 6.92 Å². The number of nitrogens with zero attached hydrogens (tertiary/aromatic N) is 4. The first-order chi connectivity index (χ1) is 10.9. The zero-order valence-electron chi connectivity index (χ0n) is 12.7. The maximum atomic E-state index is 12.3. The number of carbonyl (C=O) groups is 1. The molecule has 2 heterocycles. The van der Waals surface area contributed by atoms with Crippen molar-refractivity contribution in [3.63, 3.8) is 0 Å². The summed E-state index contributed by atoms with van der Waals surface area (Å²) in [5, 5.41) is 8.75. The van der Waals surface area contributed by atoms with E-state index in [1.54, 1.807) is 0 Å². The van der Waals surface area contributed by atoms with Crippen LogP contribution in [0.3, 0.4) is 0 Å². The molecule has 0 bridgehead atoms. The molecule has 1 aliphatic rings. The number of nitrogen functional groups attached to an aromatic ring is 1. The Bertz CT molecular complexity index is 892. The molecule has 0 aliphatic heterocycles. The molecule has 0 spiro atoms. The van der Waals surface area contributed by atoms with Crippen LogP contribution >= 0.6 is 11.8 Å². The van der Waals surface area contributed by atoms with Gasteiger partial charge in [-0.15, -0.1) is 10.2 Å². The largest absolute Gasteiger partial charge is 0.384 e. The van der Waals surface area contributed by atoms with E-state index in [0.29, 0.717) is 11.2 Å². The van der Waals surface area contributed by atoms with E-state index >= 15 is 0 Å². The summed E-state index contributed by atoms with van der Waals surface area (Å²) in [7, 11) is 1.39. The van der Waals surface area contributed by atoms with Gasteiger partial charge in [0.15, 0.2) is 10.9 Å². The molecule has 9 nitrogen and oxygen atoms in total. The number of anilines is 1. The van der Waals surface area contributed by atoms with Gasteiger partial charge in [-0.2, -0.15) is 0 Å². The van der Waals surface area contributed by atoms with Crippen molar-refractivity contribution in [2.45, 2.75) is 31.0 Å². The number of nitrogens with one attached hydrogen (secondary N) is 1. The standard InChI is InChI=1S/C13H16N6O3S/c1-6-16-17-13(19(6)7-3-4-7)23-5-8(20)9-10(14)18(2)12(22)15-11(9)21/h7H,3-5,14H2,1-2H3,(H,15,21,22). The molecule has 2 aromatic rings. The number of nitrogens with two attached hydrogens (primary N) is 1. The highest BCUT2D eigenvalue weighted by molar-refractivity contribution is 7.99. The fraction of sp³-hybridized carbons (Fsp3) is 0.462. The van der Waals surface area contributed by atoms with Crippen molar-refractivity contribution in [1.82, 2.24) is 24.3 Å². The number of aromatic nitrogens is 5. The molecule has 0 radical (unpaired) electrons. The molecule has 3 rings (SSSR count). The number of aromatic amines is 1. The molecule has 1 fully saturated rings. The molecule has 1 aliphatic carbocycles. The minimum absolute atomic E-state index is 0.00363. The van der Waals surface area contributed by atoms with Crippen LogP contribution in [0.1, 0.15) is 35.1 Å². The molecule has 0 aromatic carbocycles. The van der Waals surface area contributed by atoms with Gasteiger partial charge in [0.25, 0.3) is 5.56 Å². The predicted molar refractivity (Wildman–Crippen MR) is 84.8 cm³/mol. The second kappa shape index (κ2) is 5.69. The summed E-state index contributed by atoms with van der Waals surface area (Å²) >= 11 is 1.21. The normalized spacial score (nSPS) is 14.2. The number of ketones is 1. The van der Waals surface area contributed by atoms with Crippen molar-refractivity contribution in [2.24, 2.45) is 7.05 Å². The number of hydrogen-bond acceptors (Lipinski definition) is 7. The van der Waals surface area contributed by atoms with E-state index in [-0.39, 0.29) is 17.1 Å². The third-order valence-electron chi connectivity index (χ3n) is 3.73. The fourth-order valence-electron chi connectivity index (χ4n) is 2.31. The first-order valence-corrected chi connectivity index (χ1v) is 8.05. The van der Waals surface area contributed by atoms with Crippen LogP contribution in [-0.2, 0) is 7.05 Å². The number of thioether (sulfide) groups is 1. The van der Waals surface area contributed by atoms with Crippen molar-refractivity contribution in [3.05, 3.63) is 32.2 Å². The summed E-state index contributed by atoms with van der Waals surface area (Å²) < 4.78 is 3.04. The topological polar surface area (TPSA) is 129 Å². The highest BCUT2D eigenvalue weighted by Crippen LogP contribution is 2.38. The Hall–Kier alpha value is -2.36. The molecule has 23 heavy (non-hydrogen) atoms. The summed E-state index contributed by atoms with van der Waals surface area (Å²) in [4.78, 5) is 37.7. The molecule has 122 valence electrons. The van der Waals surface area contributed by atoms with Crippen LogP contribution in [0.5, 0.6) is 0 Å². The summed E-state index contributed by atoms with van der Waals surface area (Å²) in [6.45, 7) is 1.87. The summed E-state index contributed by atoms with van der Waals surface area (Å²) in [6.07, 6.45) is 2.15. The van der Waals surface area contributed by atoms with E-state index in [0.717, 1.165) is 23.2 Å². The highest BCUT2D eigenvalue weighted by atomic mass is 32.2. The van der Waals surface area contributed by atoms with Crippen LogP contribution in [0.25, 0.3) is 0 Å². The van der Waals surface area contributed by atoms with E-state index in [2.05, 4.69) is 15.2 Å². The quantitative estimate of drug-likeness (QED) is 0.574. The first-order valence-electron chi connectivity index (χ1n) is 7.06. The summed E-state index contributed by atoms with van der Waals surface area (Å²) in [6, 6.07) is 0.397. The lowest BCUT2D eigenvalue weighted by atomic mass is 10.2. The van der Waals surface area contributed by atoms with Crippen LogP contribution in [0.4, 0.5) is 5.82 Å². The molecule has 0 atom stereocenters. The molecule has 0 amide bonds. The molecular weight excluding hydrogens is 320 g/mol. The van der Waals surface area contributed by atoms with Crippen LogP contribution in [0.2, 0.25) is 0 Å². The number of carbonyl (C=O) groups excluding carboxylic acids is 1. The highest BCUT2D eigenvalue weighted by Gasteiger charge is 2.29. The Morgan fingerprint density at radius 1 is 1.39 bits per heavy atom. The number of H-pyrrole nitrogens is 1. The van der Waals surface area contributed by atoms with Gasteiger partial charge in [0.2, 0.25) is 0 Å². The second-order valence-electron chi connectivity index (χ2n) is 5.42. The van der Waals surface area contributed by atoms with E-state index in [1.807, 2.05) is 11.5 Å². The Morgan fingerprint density at radius 2 is 2.09 bits per heavy atom. The maximum Gasteiger partial charge on any atom is 0.329 e. The number of hydrogen-bond donors (Lipinski definition) is 2. The molecule has 0 unspecified atom stereocenters. The molecule has 0 saturated heterocycles. The Balaban J connectivity index is 1.82. The van der Waals surface area contributed by atoms with Crippen LogP contribution in [0.15, 0.2) is 14.7 Å². The SMILES string of the molecule is Cc1nnc(SCC(=O)c2c(N)n(C)c(=O)[nH]c2=O)n1C1CC1. The van der Waals surface area contributed by atoms with E-state index in [1.165, 1.54) is 18.8 Å². The third-order valence-corrected chi connectivity index (χ3v) is 4.67. The summed E-state index contributed by atoms with van der Waals surface area (Å²) in [5.41, 5.74) is 4.11. The van der Waals surface area contributed by atoms with Gasteiger partial charge >= 0.3 is 5.69 Å². The van der Waals surface area contributed by atoms with E-state index in [4.69, 9.17) is 5.73 Å². The minimum Gasteiger partial charge on any atom is -0.384 e. The third kappa shape index (κ3) is 2.81. The van der Waals surface area contributed by atoms with Crippen molar-refractivity contribution in [3.8, 4) is 0 Å². The lowest BCUT2D eigenvalue weighted by Gasteiger charge is -2.08. The van der Waals surface area contributed by atoms with Gasteiger partial charge in [-0.05, 0) is 19.8 Å². The lowest BCUT2D eigenvalue weighted by Crippen LogP contribution is -2.35. The average molecular weight is 336 g/mol. The predicted octanol–water partition coefficient (Wildman–Crippen LogP) is -0.134. The number of rotatable bonds is 5. The number of aryl methyl sites for hydroxylation is 1. The molecule has 10 heteroatoms. The summed E-state index contributed by atoms with van der Waals surface area (Å²) in [5.74, 6) is 0.217. The van der Waals surface area contributed by atoms with Crippen molar-refractivity contribution in [1.29, 1.82) is 0 Å². The number of Topliss-reactive ketones (excluding diaryl/α,β-unsaturated/α-hetero) is 1. The minimum atomic E-state index is -0.768. The Kier molecular flexibility index (Phi) is 3.84. The van der Waals surface area contributed by atoms with Gasteiger partial charge in [-0.3, -0.25) is 19.1 Å². The zero-order chi connectivity index (χ0) is 16.7. The Morgan fingerprint density at radius 3 is 2.74 bits per heavy atom. The lowest BCUT2D eigenvalue weighted by molar-refractivity contribution is 0.102. The maximum absolute atomic E-state index is 12.3. The first kappa shape index (κ1) is 15.5. The molecule has 1 saturated carbocycles. The van der Waals surface area contributed by atoms with Crippen LogP contribution in [-0.4, -0.2) is 35.9 Å². The molecule has 3 N–H and O–H groups in total. The van der Waals surface area contributed by atoms with Gasteiger partial charge in [0, 0.05) is 13.1 Å². The van der Waals surface area contributed by atoms with Gasteiger partial charge < -0.3 is 10.3 Å². The Labute approximate surface area is 134 Å². The van der Waals surface area contributed by atoms with Gasteiger partial charge in [-0.25, -0.2) is 4.79 Å². The van der Waals surface area contributed by atoms with E-state index in [9.17, 15) is 14.4 Å². The van der Waals surface area contributed by atoms with Crippen molar-refractivity contribution in [2.75, 3.05) is 11.5 Å². The van der Waals surface area contributed by atoms with Crippen molar-refractivity contribution < 1.29 is 4.79 Å².